The van der Waals surface area contributed by atoms with E-state index in [0.29, 0.717) is 6.04 Å². The van der Waals surface area contributed by atoms with Crippen molar-refractivity contribution in [2.45, 2.75) is 37.6 Å². The normalized spacial score (nSPS) is 16.1. The number of methoxy groups -OCH3 is 1. The first-order chi connectivity index (χ1) is 9.20. The Bertz CT molecular complexity index is 432. The quantitative estimate of drug-likeness (QED) is 0.778. The molecule has 1 aliphatic rings. The maximum Gasteiger partial charge on any atom is 0.323 e. The molecule has 1 aromatic rings. The molecule has 0 aromatic heterocycles. The average Bonchev–Trinajstić information content (AvgIpc) is 3.23. The molecule has 1 fully saturated rings. The maximum absolute atomic E-state index is 11.7. The third kappa shape index (κ3) is 4.55. The van der Waals surface area contributed by atoms with Gasteiger partial charge in [-0.25, -0.2) is 0 Å². The predicted molar refractivity (Wildman–Crippen MR) is 79.3 cm³/mol. The predicted octanol–water partition coefficient (Wildman–Crippen LogP) is 2.52. The number of nitrogens with one attached hydrogen (secondary N) is 1. The molecule has 1 saturated carbocycles. The van der Waals surface area contributed by atoms with Crippen LogP contribution in [0.1, 0.15) is 24.0 Å². The molecule has 0 amide bonds. The molecule has 3 nitrogen and oxygen atoms in total. The molecule has 1 N–H and O–H groups in total. The van der Waals surface area contributed by atoms with E-state index < -0.39 is 0 Å². The van der Waals surface area contributed by atoms with Crippen molar-refractivity contribution in [1.82, 2.24) is 5.32 Å². The van der Waals surface area contributed by atoms with Gasteiger partial charge in [0, 0.05) is 17.5 Å². The fourth-order valence-corrected chi connectivity index (χ4v) is 3.05. The largest absolute Gasteiger partial charge is 0.468 e. The highest BCUT2D eigenvalue weighted by Gasteiger charge is 2.28. The maximum atomic E-state index is 11.7. The van der Waals surface area contributed by atoms with Crippen LogP contribution in [-0.2, 0) is 15.3 Å². The van der Waals surface area contributed by atoms with E-state index in [0.717, 1.165) is 11.5 Å². The number of hydrogen-bond acceptors (Lipinski definition) is 4. The Morgan fingerprint density at radius 2 is 2.21 bits per heavy atom. The third-order valence-corrected chi connectivity index (χ3v) is 4.39. The van der Waals surface area contributed by atoms with Crippen LogP contribution >= 0.6 is 11.8 Å². The SMILES string of the molecule is COC(=O)C(CSCc1ccccc1C)NC1CC1. The molecule has 1 atom stereocenters. The number of esters is 1. The molecule has 2 rings (SSSR count). The minimum atomic E-state index is -0.175. The van der Waals surface area contributed by atoms with Gasteiger partial charge >= 0.3 is 5.97 Å². The van der Waals surface area contributed by atoms with Crippen molar-refractivity contribution in [3.8, 4) is 0 Å². The Morgan fingerprint density at radius 1 is 1.47 bits per heavy atom. The summed E-state index contributed by atoms with van der Waals surface area (Å²) in [5.41, 5.74) is 2.64. The van der Waals surface area contributed by atoms with E-state index in [2.05, 4.69) is 36.5 Å². The molecular weight excluding hydrogens is 258 g/mol. The van der Waals surface area contributed by atoms with Crippen LogP contribution in [0.4, 0.5) is 0 Å². The Kier molecular flexibility index (Phi) is 5.28. The van der Waals surface area contributed by atoms with Gasteiger partial charge in [0.1, 0.15) is 6.04 Å². The number of rotatable bonds is 7. The summed E-state index contributed by atoms with van der Waals surface area (Å²) in [4.78, 5) is 11.7. The first kappa shape index (κ1) is 14.4. The van der Waals surface area contributed by atoms with Crippen molar-refractivity contribution in [3.05, 3.63) is 35.4 Å². The summed E-state index contributed by atoms with van der Waals surface area (Å²) in [6.45, 7) is 2.12. The highest BCUT2D eigenvalue weighted by atomic mass is 32.2. The lowest BCUT2D eigenvalue weighted by Crippen LogP contribution is -2.41. The van der Waals surface area contributed by atoms with Gasteiger partial charge in [0.05, 0.1) is 7.11 Å². The number of carbonyl (C=O) groups excluding carboxylic acids is 1. The first-order valence-electron chi connectivity index (χ1n) is 6.67. The highest BCUT2D eigenvalue weighted by molar-refractivity contribution is 7.98. The fraction of sp³-hybridized carbons (Fsp3) is 0.533. The zero-order valence-corrected chi connectivity index (χ0v) is 12.3. The van der Waals surface area contributed by atoms with Crippen molar-refractivity contribution in [2.24, 2.45) is 0 Å². The lowest BCUT2D eigenvalue weighted by atomic mass is 10.1. The van der Waals surface area contributed by atoms with Crippen LogP contribution in [0.3, 0.4) is 0 Å². The van der Waals surface area contributed by atoms with E-state index in [1.807, 2.05) is 0 Å². The molecule has 0 aliphatic heterocycles. The van der Waals surface area contributed by atoms with Crippen molar-refractivity contribution in [1.29, 1.82) is 0 Å². The van der Waals surface area contributed by atoms with Gasteiger partial charge in [-0.1, -0.05) is 24.3 Å². The van der Waals surface area contributed by atoms with E-state index in [1.165, 1.54) is 31.1 Å². The molecular formula is C15H21NO2S. The van der Waals surface area contributed by atoms with Crippen LogP contribution in [0.2, 0.25) is 0 Å². The van der Waals surface area contributed by atoms with Crippen LogP contribution in [0, 0.1) is 6.92 Å². The highest BCUT2D eigenvalue weighted by Crippen LogP contribution is 2.22. The van der Waals surface area contributed by atoms with Gasteiger partial charge in [0.2, 0.25) is 0 Å². The van der Waals surface area contributed by atoms with Gasteiger partial charge in [0.25, 0.3) is 0 Å². The fourth-order valence-electron chi connectivity index (χ4n) is 1.92. The molecule has 1 aromatic carbocycles. The second-order valence-corrected chi connectivity index (χ2v) is 5.99. The second kappa shape index (κ2) is 6.96. The standard InChI is InChI=1S/C15H21NO2S/c1-11-5-3-4-6-12(11)9-19-10-14(15(17)18-2)16-13-7-8-13/h3-6,13-14,16H,7-10H2,1-2H3. The summed E-state index contributed by atoms with van der Waals surface area (Å²) in [5.74, 6) is 1.55. The van der Waals surface area contributed by atoms with Gasteiger partial charge in [0.15, 0.2) is 0 Å². The number of hydrogen-bond donors (Lipinski definition) is 1. The number of thioether (sulfide) groups is 1. The number of benzene rings is 1. The smallest absolute Gasteiger partial charge is 0.323 e. The summed E-state index contributed by atoms with van der Waals surface area (Å²) < 4.78 is 4.85. The minimum Gasteiger partial charge on any atom is -0.468 e. The minimum absolute atomic E-state index is 0.149. The number of ether oxygens (including phenoxy) is 1. The van der Waals surface area contributed by atoms with Gasteiger partial charge in [-0.3, -0.25) is 4.79 Å². The molecule has 0 spiro atoms. The molecule has 104 valence electrons. The van der Waals surface area contributed by atoms with Gasteiger partial charge < -0.3 is 10.1 Å². The van der Waals surface area contributed by atoms with Gasteiger partial charge in [-0.2, -0.15) is 11.8 Å². The number of carbonyl (C=O) groups is 1. The summed E-state index contributed by atoms with van der Waals surface area (Å²) in [7, 11) is 1.45. The molecule has 0 radical (unpaired) electrons. The number of aryl methyl sites for hydroxylation is 1. The van der Waals surface area contributed by atoms with Crippen LogP contribution in [-0.4, -0.2) is 30.9 Å². The first-order valence-corrected chi connectivity index (χ1v) is 7.82. The molecule has 1 unspecified atom stereocenters. The van der Waals surface area contributed by atoms with E-state index in [1.54, 1.807) is 11.8 Å². The summed E-state index contributed by atoms with van der Waals surface area (Å²) in [6.07, 6.45) is 2.35. The topological polar surface area (TPSA) is 38.3 Å². The molecule has 0 saturated heterocycles. The van der Waals surface area contributed by atoms with Crippen LogP contribution in [0.25, 0.3) is 0 Å². The van der Waals surface area contributed by atoms with Crippen molar-refractivity contribution in [2.75, 3.05) is 12.9 Å². The molecule has 0 heterocycles. The van der Waals surface area contributed by atoms with E-state index in [-0.39, 0.29) is 12.0 Å². The van der Waals surface area contributed by atoms with Crippen LogP contribution < -0.4 is 5.32 Å². The Hall–Kier alpha value is -1.00. The Balaban J connectivity index is 1.81. The Morgan fingerprint density at radius 3 is 2.84 bits per heavy atom. The average molecular weight is 279 g/mol. The third-order valence-electron chi connectivity index (χ3n) is 3.30. The molecule has 4 heteroatoms. The summed E-state index contributed by atoms with van der Waals surface area (Å²) in [6, 6.07) is 8.72. The van der Waals surface area contributed by atoms with E-state index >= 15 is 0 Å². The van der Waals surface area contributed by atoms with Crippen molar-refractivity contribution >= 4 is 17.7 Å². The second-order valence-electron chi connectivity index (χ2n) is 4.96. The van der Waals surface area contributed by atoms with Crippen LogP contribution in [0.5, 0.6) is 0 Å². The zero-order chi connectivity index (χ0) is 13.7. The molecule has 0 bridgehead atoms. The lowest BCUT2D eigenvalue weighted by Gasteiger charge is -2.16. The summed E-state index contributed by atoms with van der Waals surface area (Å²) in [5, 5.41) is 3.35. The van der Waals surface area contributed by atoms with Crippen molar-refractivity contribution in [3.63, 3.8) is 0 Å². The van der Waals surface area contributed by atoms with E-state index in [9.17, 15) is 4.79 Å². The van der Waals surface area contributed by atoms with Gasteiger partial charge in [-0.15, -0.1) is 0 Å². The van der Waals surface area contributed by atoms with E-state index in [4.69, 9.17) is 4.74 Å². The lowest BCUT2D eigenvalue weighted by molar-refractivity contribution is -0.142. The summed E-state index contributed by atoms with van der Waals surface area (Å²) >= 11 is 1.78. The zero-order valence-electron chi connectivity index (χ0n) is 11.5. The molecule has 1 aliphatic carbocycles. The van der Waals surface area contributed by atoms with Crippen LogP contribution in [0.15, 0.2) is 24.3 Å². The Labute approximate surface area is 119 Å². The van der Waals surface area contributed by atoms with Gasteiger partial charge in [-0.05, 0) is 30.9 Å². The molecule has 19 heavy (non-hydrogen) atoms. The monoisotopic (exact) mass is 279 g/mol. The van der Waals surface area contributed by atoms with Crippen molar-refractivity contribution < 1.29 is 9.53 Å².